The third kappa shape index (κ3) is 4.51. The monoisotopic (exact) mass is 350 g/mol. The first-order valence-corrected chi connectivity index (χ1v) is 7.84. The first kappa shape index (κ1) is 13.6. The van der Waals surface area contributed by atoms with Gasteiger partial charge in [0.1, 0.15) is 6.10 Å². The summed E-state index contributed by atoms with van der Waals surface area (Å²) in [5, 5.41) is 0. The van der Waals surface area contributed by atoms with Gasteiger partial charge >= 0.3 is 0 Å². The molecule has 2 unspecified atom stereocenters. The Kier molecular flexibility index (Phi) is 4.38. The summed E-state index contributed by atoms with van der Waals surface area (Å²) in [6.07, 6.45) is 0.571. The van der Waals surface area contributed by atoms with Gasteiger partial charge in [-0.05, 0) is 13.8 Å². The molecule has 0 spiro atoms. The van der Waals surface area contributed by atoms with Crippen LogP contribution in [-0.4, -0.2) is 43.7 Å². The fourth-order valence-electron chi connectivity index (χ4n) is 1.37. The predicted octanol–water partition coefficient (Wildman–Crippen LogP) is 0.918. The molecule has 0 bridgehead atoms. The molecule has 2 atom stereocenters. The highest BCUT2D eigenvalue weighted by atomic mass is 127. The van der Waals surface area contributed by atoms with Gasteiger partial charge in [0.15, 0.2) is 5.79 Å². The highest BCUT2D eigenvalue weighted by Crippen LogP contribution is 2.29. The van der Waals surface area contributed by atoms with Gasteiger partial charge in [0.2, 0.25) is 0 Å². The van der Waals surface area contributed by atoms with Gasteiger partial charge in [-0.1, -0.05) is 22.6 Å². The maximum Gasteiger partial charge on any atom is 0.264 e. The lowest BCUT2D eigenvalue weighted by Gasteiger charge is -2.16. The Morgan fingerprint density at radius 3 is 2.33 bits per heavy atom. The van der Waals surface area contributed by atoms with E-state index < -0.39 is 15.9 Å². The lowest BCUT2D eigenvalue weighted by Crippen LogP contribution is -2.29. The molecule has 1 aliphatic heterocycles. The maximum atomic E-state index is 10.8. The van der Waals surface area contributed by atoms with Crippen LogP contribution >= 0.6 is 22.6 Å². The molecule has 0 saturated carbocycles. The molecule has 1 rings (SSSR count). The Labute approximate surface area is 104 Å². The molecule has 1 fully saturated rings. The number of ether oxygens (including phenoxy) is 2. The van der Waals surface area contributed by atoms with Crippen molar-refractivity contribution in [3.8, 4) is 0 Å². The van der Waals surface area contributed by atoms with Crippen LogP contribution in [0.25, 0.3) is 0 Å². The highest BCUT2D eigenvalue weighted by Gasteiger charge is 2.41. The fraction of sp³-hybridized carbons (Fsp3) is 1.00. The highest BCUT2D eigenvalue weighted by molar-refractivity contribution is 14.1. The SMILES string of the molecule is CC1(C)OC(CI)C(COS(C)(=O)=O)O1. The molecule has 0 aromatic carbocycles. The minimum atomic E-state index is -3.42. The predicted molar refractivity (Wildman–Crippen MR) is 63.5 cm³/mol. The lowest BCUT2D eigenvalue weighted by atomic mass is 10.2. The van der Waals surface area contributed by atoms with Crippen molar-refractivity contribution in [3.05, 3.63) is 0 Å². The zero-order valence-electron chi connectivity index (χ0n) is 8.90. The topological polar surface area (TPSA) is 61.8 Å². The summed E-state index contributed by atoms with van der Waals surface area (Å²) >= 11 is 2.17. The lowest BCUT2D eigenvalue weighted by molar-refractivity contribution is -0.146. The minimum Gasteiger partial charge on any atom is -0.344 e. The molecule has 1 heterocycles. The summed E-state index contributed by atoms with van der Waals surface area (Å²) in [6.45, 7) is 3.61. The van der Waals surface area contributed by atoms with Crippen molar-refractivity contribution >= 4 is 32.7 Å². The number of rotatable bonds is 4. The van der Waals surface area contributed by atoms with Gasteiger partial charge in [0, 0.05) is 4.43 Å². The molecular weight excluding hydrogens is 335 g/mol. The second kappa shape index (κ2) is 4.82. The molecule has 0 aliphatic carbocycles. The molecule has 1 aliphatic rings. The first-order valence-electron chi connectivity index (χ1n) is 4.49. The van der Waals surface area contributed by atoms with E-state index >= 15 is 0 Å². The average molecular weight is 350 g/mol. The Bertz CT molecular complexity index is 313. The van der Waals surface area contributed by atoms with Crippen molar-refractivity contribution < 1.29 is 22.1 Å². The molecule has 15 heavy (non-hydrogen) atoms. The minimum absolute atomic E-state index is 0.00985. The van der Waals surface area contributed by atoms with Crippen LogP contribution in [0.2, 0.25) is 0 Å². The summed E-state index contributed by atoms with van der Waals surface area (Å²) in [5.41, 5.74) is 0. The fourth-order valence-corrected chi connectivity index (χ4v) is 2.50. The maximum absolute atomic E-state index is 10.8. The summed E-state index contributed by atoms with van der Waals surface area (Å²) in [5.74, 6) is -0.665. The van der Waals surface area contributed by atoms with E-state index in [9.17, 15) is 8.42 Å². The molecule has 0 aromatic heterocycles. The quantitative estimate of drug-likeness (QED) is 0.429. The summed E-state index contributed by atoms with van der Waals surface area (Å²) in [6, 6.07) is 0. The first-order chi connectivity index (χ1) is 6.73. The van der Waals surface area contributed by atoms with E-state index in [4.69, 9.17) is 13.7 Å². The standard InChI is InChI=1S/C8H15IO5S/c1-8(2)13-6(4-9)7(14-8)5-12-15(3,10)11/h6-7H,4-5H2,1-3H3. The van der Waals surface area contributed by atoms with Gasteiger partial charge in [-0.2, -0.15) is 8.42 Å². The molecule has 0 radical (unpaired) electrons. The van der Waals surface area contributed by atoms with Gasteiger partial charge in [-0.15, -0.1) is 0 Å². The molecule has 0 N–H and O–H groups in total. The smallest absolute Gasteiger partial charge is 0.264 e. The Morgan fingerprint density at radius 1 is 1.33 bits per heavy atom. The molecule has 7 heteroatoms. The summed E-state index contributed by atoms with van der Waals surface area (Å²) in [4.78, 5) is 0. The third-order valence-corrected chi connectivity index (χ3v) is 3.32. The molecular formula is C8H15IO5S. The van der Waals surface area contributed by atoms with Gasteiger partial charge in [-0.3, -0.25) is 4.18 Å². The van der Waals surface area contributed by atoms with E-state index in [2.05, 4.69) is 22.6 Å². The van der Waals surface area contributed by atoms with Crippen LogP contribution in [0.1, 0.15) is 13.8 Å². The number of halogens is 1. The van der Waals surface area contributed by atoms with E-state index in [-0.39, 0.29) is 18.8 Å². The van der Waals surface area contributed by atoms with E-state index in [1.54, 1.807) is 13.8 Å². The van der Waals surface area contributed by atoms with E-state index in [1.807, 2.05) is 0 Å². The van der Waals surface area contributed by atoms with Gasteiger partial charge in [0.05, 0.1) is 19.0 Å². The summed E-state index contributed by atoms with van der Waals surface area (Å²) in [7, 11) is -3.42. The van der Waals surface area contributed by atoms with Crippen LogP contribution in [-0.2, 0) is 23.8 Å². The Morgan fingerprint density at radius 2 is 1.87 bits per heavy atom. The molecule has 0 amide bonds. The van der Waals surface area contributed by atoms with Crippen LogP contribution < -0.4 is 0 Å². The second-order valence-corrected chi connectivity index (χ2v) is 6.38. The van der Waals surface area contributed by atoms with Gasteiger partial charge in [0.25, 0.3) is 10.1 Å². The van der Waals surface area contributed by atoms with Crippen LogP contribution in [0.15, 0.2) is 0 Å². The molecule has 90 valence electrons. The molecule has 1 saturated heterocycles. The molecule has 0 aromatic rings. The van der Waals surface area contributed by atoms with E-state index in [0.29, 0.717) is 0 Å². The van der Waals surface area contributed by atoms with Gasteiger partial charge in [-0.25, -0.2) is 0 Å². The summed E-state index contributed by atoms with van der Waals surface area (Å²) < 4.78 is 38.2. The van der Waals surface area contributed by atoms with E-state index in [1.165, 1.54) is 0 Å². The number of hydrogen-bond acceptors (Lipinski definition) is 5. The largest absolute Gasteiger partial charge is 0.344 e. The van der Waals surface area contributed by atoms with Crippen LogP contribution in [0.3, 0.4) is 0 Å². The van der Waals surface area contributed by atoms with Gasteiger partial charge < -0.3 is 9.47 Å². The van der Waals surface area contributed by atoms with Crippen molar-refractivity contribution in [1.82, 2.24) is 0 Å². The zero-order valence-corrected chi connectivity index (χ0v) is 11.9. The Balaban J connectivity index is 2.54. The van der Waals surface area contributed by atoms with Crippen molar-refractivity contribution in [1.29, 1.82) is 0 Å². The Hall–Kier alpha value is 0.560. The second-order valence-electron chi connectivity index (χ2n) is 3.86. The van der Waals surface area contributed by atoms with E-state index in [0.717, 1.165) is 10.7 Å². The number of alkyl halides is 1. The van der Waals surface area contributed by atoms with Crippen molar-refractivity contribution in [2.75, 3.05) is 17.3 Å². The number of hydrogen-bond donors (Lipinski definition) is 0. The van der Waals surface area contributed by atoms with Crippen molar-refractivity contribution in [3.63, 3.8) is 0 Å². The third-order valence-electron chi connectivity index (χ3n) is 1.88. The van der Waals surface area contributed by atoms with Crippen molar-refractivity contribution in [2.45, 2.75) is 31.8 Å². The molecule has 5 nitrogen and oxygen atoms in total. The van der Waals surface area contributed by atoms with Crippen LogP contribution in [0.4, 0.5) is 0 Å². The van der Waals surface area contributed by atoms with Crippen LogP contribution in [0, 0.1) is 0 Å². The zero-order chi connectivity index (χ0) is 11.7. The average Bonchev–Trinajstić information content (AvgIpc) is 2.36. The normalized spacial score (nSPS) is 30.7. The van der Waals surface area contributed by atoms with Crippen molar-refractivity contribution in [2.24, 2.45) is 0 Å². The van der Waals surface area contributed by atoms with Crippen LogP contribution in [0.5, 0.6) is 0 Å².